The van der Waals surface area contributed by atoms with E-state index in [1.165, 1.54) is 18.4 Å². The number of benzene rings is 1. The number of likely N-dealkylation sites (tertiary alicyclic amines) is 1. The van der Waals surface area contributed by atoms with Crippen LogP contribution in [0.1, 0.15) is 49.0 Å². The molecule has 0 bridgehead atoms. The SMILES string of the molecule is COC(=O)c1ccc2c(c1)C1CCN(C(C)=O)CC1N2C(C)C. The summed E-state index contributed by atoms with van der Waals surface area (Å²) in [6.07, 6.45) is 0.936. The molecule has 2 atom stereocenters. The predicted molar refractivity (Wildman–Crippen MR) is 88.8 cm³/mol. The highest BCUT2D eigenvalue weighted by molar-refractivity contribution is 5.90. The zero-order chi connectivity index (χ0) is 16.7. The molecule has 1 aromatic carbocycles. The Labute approximate surface area is 137 Å². The summed E-state index contributed by atoms with van der Waals surface area (Å²) in [5.41, 5.74) is 3.01. The van der Waals surface area contributed by atoms with Gasteiger partial charge in [0.15, 0.2) is 0 Å². The highest BCUT2D eigenvalue weighted by atomic mass is 16.5. The normalized spacial score (nSPS) is 22.8. The Bertz CT molecular complexity index is 641. The van der Waals surface area contributed by atoms with E-state index in [0.717, 1.165) is 19.5 Å². The van der Waals surface area contributed by atoms with Crippen molar-refractivity contribution in [3.05, 3.63) is 29.3 Å². The molecule has 0 spiro atoms. The molecule has 0 aromatic heterocycles. The Morgan fingerprint density at radius 3 is 2.65 bits per heavy atom. The Morgan fingerprint density at radius 2 is 2.04 bits per heavy atom. The highest BCUT2D eigenvalue weighted by Gasteiger charge is 2.43. The number of piperidine rings is 1. The lowest BCUT2D eigenvalue weighted by molar-refractivity contribution is -0.130. The molecule has 3 rings (SSSR count). The first kappa shape index (κ1) is 15.8. The van der Waals surface area contributed by atoms with E-state index in [-0.39, 0.29) is 17.9 Å². The molecule has 124 valence electrons. The minimum Gasteiger partial charge on any atom is -0.465 e. The van der Waals surface area contributed by atoms with Crippen LogP contribution in [-0.2, 0) is 9.53 Å². The maximum Gasteiger partial charge on any atom is 0.337 e. The van der Waals surface area contributed by atoms with Crippen molar-refractivity contribution in [2.24, 2.45) is 0 Å². The van der Waals surface area contributed by atoms with Crippen molar-refractivity contribution in [1.29, 1.82) is 0 Å². The molecule has 1 saturated heterocycles. The molecule has 5 heteroatoms. The maximum absolute atomic E-state index is 11.8. The molecular formula is C18H24N2O3. The van der Waals surface area contributed by atoms with Gasteiger partial charge in [0.1, 0.15) is 0 Å². The van der Waals surface area contributed by atoms with Gasteiger partial charge < -0.3 is 14.5 Å². The molecule has 2 aliphatic rings. The van der Waals surface area contributed by atoms with Gasteiger partial charge in [-0.2, -0.15) is 0 Å². The minimum absolute atomic E-state index is 0.137. The molecule has 1 aromatic rings. The van der Waals surface area contributed by atoms with Crippen LogP contribution in [0.4, 0.5) is 5.69 Å². The summed E-state index contributed by atoms with van der Waals surface area (Å²) in [5, 5.41) is 0. The summed E-state index contributed by atoms with van der Waals surface area (Å²) in [5.74, 6) is 0.208. The Kier molecular flexibility index (Phi) is 4.04. The van der Waals surface area contributed by atoms with Gasteiger partial charge in [-0.1, -0.05) is 0 Å². The maximum atomic E-state index is 11.8. The Hall–Kier alpha value is -2.04. The standard InChI is InChI=1S/C18H24N2O3/c1-11(2)20-16-6-5-13(18(22)23-4)9-15(16)14-7-8-19(12(3)21)10-17(14)20/h5-6,9,11,14,17H,7-8,10H2,1-4H3. The van der Waals surface area contributed by atoms with Crippen molar-refractivity contribution in [2.45, 2.75) is 45.2 Å². The number of ether oxygens (including phenoxy) is 1. The van der Waals surface area contributed by atoms with Crippen LogP contribution >= 0.6 is 0 Å². The molecular weight excluding hydrogens is 292 g/mol. The van der Waals surface area contributed by atoms with Crippen LogP contribution in [-0.4, -0.2) is 49.1 Å². The monoisotopic (exact) mass is 316 g/mol. The summed E-state index contributed by atoms with van der Waals surface area (Å²) < 4.78 is 4.85. The van der Waals surface area contributed by atoms with Crippen molar-refractivity contribution in [3.63, 3.8) is 0 Å². The van der Waals surface area contributed by atoms with Crippen LogP contribution in [0.15, 0.2) is 18.2 Å². The van der Waals surface area contributed by atoms with E-state index in [4.69, 9.17) is 4.74 Å². The summed E-state index contributed by atoms with van der Waals surface area (Å²) >= 11 is 0. The number of hydrogen-bond acceptors (Lipinski definition) is 4. The molecule has 23 heavy (non-hydrogen) atoms. The van der Waals surface area contributed by atoms with Gasteiger partial charge in [-0.25, -0.2) is 4.79 Å². The third-order valence-electron chi connectivity index (χ3n) is 5.07. The van der Waals surface area contributed by atoms with Crippen molar-refractivity contribution < 1.29 is 14.3 Å². The molecule has 5 nitrogen and oxygen atoms in total. The van der Waals surface area contributed by atoms with E-state index in [2.05, 4.69) is 18.7 Å². The van der Waals surface area contributed by atoms with Gasteiger partial charge in [0, 0.05) is 37.7 Å². The lowest BCUT2D eigenvalue weighted by atomic mass is 9.87. The Morgan fingerprint density at radius 1 is 1.30 bits per heavy atom. The number of hydrogen-bond donors (Lipinski definition) is 0. The average molecular weight is 316 g/mol. The molecule has 1 amide bonds. The number of carbonyl (C=O) groups is 2. The van der Waals surface area contributed by atoms with E-state index < -0.39 is 0 Å². The topological polar surface area (TPSA) is 49.9 Å². The number of fused-ring (bicyclic) bond motifs is 3. The van der Waals surface area contributed by atoms with Gasteiger partial charge >= 0.3 is 5.97 Å². The molecule has 2 heterocycles. The number of amides is 1. The second kappa shape index (κ2) is 5.87. The van der Waals surface area contributed by atoms with E-state index in [1.54, 1.807) is 6.92 Å². The van der Waals surface area contributed by atoms with Gasteiger partial charge in [-0.15, -0.1) is 0 Å². The zero-order valence-electron chi connectivity index (χ0n) is 14.2. The van der Waals surface area contributed by atoms with Gasteiger partial charge in [-0.05, 0) is 44.0 Å². The van der Waals surface area contributed by atoms with Crippen LogP contribution in [0.5, 0.6) is 0 Å². The second-order valence-electron chi connectivity index (χ2n) is 6.69. The fraction of sp³-hybridized carbons (Fsp3) is 0.556. The first-order chi connectivity index (χ1) is 10.9. The molecule has 2 aliphatic heterocycles. The lowest BCUT2D eigenvalue weighted by Crippen LogP contribution is -2.51. The van der Waals surface area contributed by atoms with Crippen LogP contribution in [0.2, 0.25) is 0 Å². The van der Waals surface area contributed by atoms with Gasteiger partial charge in [0.05, 0.1) is 18.7 Å². The molecule has 0 N–H and O–H groups in total. The predicted octanol–water partition coefficient (Wildman–Crippen LogP) is 2.41. The average Bonchev–Trinajstić information content (AvgIpc) is 2.86. The van der Waals surface area contributed by atoms with Gasteiger partial charge in [0.25, 0.3) is 0 Å². The molecule has 0 aliphatic carbocycles. The number of esters is 1. The van der Waals surface area contributed by atoms with E-state index in [9.17, 15) is 9.59 Å². The molecule has 1 fully saturated rings. The number of rotatable bonds is 2. The van der Waals surface area contributed by atoms with Crippen LogP contribution < -0.4 is 4.90 Å². The summed E-state index contributed by atoms with van der Waals surface area (Å²) in [4.78, 5) is 27.9. The quantitative estimate of drug-likeness (QED) is 0.786. The molecule has 0 saturated carbocycles. The summed E-state index contributed by atoms with van der Waals surface area (Å²) in [6, 6.07) is 6.47. The van der Waals surface area contributed by atoms with E-state index in [0.29, 0.717) is 17.5 Å². The third-order valence-corrected chi connectivity index (χ3v) is 5.07. The minimum atomic E-state index is -0.298. The molecule has 0 radical (unpaired) electrons. The zero-order valence-corrected chi connectivity index (χ0v) is 14.2. The second-order valence-corrected chi connectivity index (χ2v) is 6.69. The summed E-state index contributed by atoms with van der Waals surface area (Å²) in [7, 11) is 1.41. The smallest absolute Gasteiger partial charge is 0.337 e. The number of carbonyl (C=O) groups excluding carboxylic acids is 2. The first-order valence-corrected chi connectivity index (χ1v) is 8.20. The lowest BCUT2D eigenvalue weighted by Gasteiger charge is -2.41. The first-order valence-electron chi connectivity index (χ1n) is 8.20. The summed E-state index contributed by atoms with van der Waals surface area (Å²) in [6.45, 7) is 7.52. The Balaban J connectivity index is 2.00. The van der Waals surface area contributed by atoms with Crippen LogP contribution in [0.25, 0.3) is 0 Å². The van der Waals surface area contributed by atoms with E-state index in [1.807, 2.05) is 23.1 Å². The third kappa shape index (κ3) is 2.58. The fourth-order valence-corrected chi connectivity index (χ4v) is 4.03. The highest BCUT2D eigenvalue weighted by Crippen LogP contribution is 2.46. The van der Waals surface area contributed by atoms with Gasteiger partial charge in [-0.3, -0.25) is 4.79 Å². The van der Waals surface area contributed by atoms with Gasteiger partial charge in [0.2, 0.25) is 5.91 Å². The number of methoxy groups -OCH3 is 1. The fourth-order valence-electron chi connectivity index (χ4n) is 4.03. The van der Waals surface area contributed by atoms with Crippen molar-refractivity contribution in [2.75, 3.05) is 25.1 Å². The van der Waals surface area contributed by atoms with Crippen LogP contribution in [0.3, 0.4) is 0 Å². The number of nitrogens with zero attached hydrogens (tertiary/aromatic N) is 2. The van der Waals surface area contributed by atoms with Crippen molar-refractivity contribution in [3.8, 4) is 0 Å². The largest absolute Gasteiger partial charge is 0.465 e. The van der Waals surface area contributed by atoms with Crippen LogP contribution in [0, 0.1) is 0 Å². The molecule has 2 unspecified atom stereocenters. The van der Waals surface area contributed by atoms with Crippen molar-refractivity contribution >= 4 is 17.6 Å². The van der Waals surface area contributed by atoms with E-state index >= 15 is 0 Å². The number of anilines is 1. The van der Waals surface area contributed by atoms with Crippen molar-refractivity contribution in [1.82, 2.24) is 4.90 Å².